The van der Waals surface area contributed by atoms with Crippen molar-refractivity contribution in [2.45, 2.75) is 12.0 Å². The van der Waals surface area contributed by atoms with Crippen LogP contribution in [0, 0.1) is 0 Å². The Morgan fingerprint density at radius 3 is 2.65 bits per heavy atom. The molecule has 0 aromatic heterocycles. The number of halogens is 2. The summed E-state index contributed by atoms with van der Waals surface area (Å²) in [6.45, 7) is 0.221. The molecule has 20 heavy (non-hydrogen) atoms. The van der Waals surface area contributed by atoms with Gasteiger partial charge in [0.1, 0.15) is 0 Å². The quantitative estimate of drug-likeness (QED) is 0.798. The number of hydrogen-bond donors (Lipinski definition) is 3. The van der Waals surface area contributed by atoms with Crippen LogP contribution in [0.25, 0.3) is 0 Å². The van der Waals surface area contributed by atoms with Crippen molar-refractivity contribution in [1.82, 2.24) is 5.32 Å². The lowest BCUT2D eigenvalue weighted by molar-refractivity contribution is -0.144. The summed E-state index contributed by atoms with van der Waals surface area (Å²) in [7, 11) is 0. The SMILES string of the molecule is O=C(Nc1ccc(Cl)cc1Cl)NC1(C(=O)O)CCOC1. The Labute approximate surface area is 125 Å². The van der Waals surface area contributed by atoms with Crippen molar-refractivity contribution in [3.8, 4) is 0 Å². The smallest absolute Gasteiger partial charge is 0.332 e. The molecular formula is C12H12Cl2N2O4. The molecule has 1 saturated heterocycles. The molecule has 8 heteroatoms. The lowest BCUT2D eigenvalue weighted by Gasteiger charge is -2.23. The second-order valence-electron chi connectivity index (χ2n) is 4.39. The first kappa shape index (κ1) is 14.9. The number of urea groups is 1. The van der Waals surface area contributed by atoms with Gasteiger partial charge in [-0.3, -0.25) is 0 Å². The fourth-order valence-electron chi connectivity index (χ4n) is 1.85. The summed E-state index contributed by atoms with van der Waals surface area (Å²) >= 11 is 11.7. The number of anilines is 1. The highest BCUT2D eigenvalue weighted by molar-refractivity contribution is 6.36. The fraction of sp³-hybridized carbons (Fsp3) is 0.333. The maximum absolute atomic E-state index is 11.9. The van der Waals surface area contributed by atoms with Crippen LogP contribution in [-0.2, 0) is 9.53 Å². The zero-order valence-corrected chi connectivity index (χ0v) is 11.8. The van der Waals surface area contributed by atoms with Gasteiger partial charge in [0.15, 0.2) is 5.54 Å². The molecule has 1 aromatic rings. The Hall–Kier alpha value is -1.50. The molecule has 0 radical (unpaired) electrons. The van der Waals surface area contributed by atoms with Gasteiger partial charge in [-0.05, 0) is 18.2 Å². The van der Waals surface area contributed by atoms with Gasteiger partial charge in [0.25, 0.3) is 0 Å². The number of carboxylic acid groups (broad SMARTS) is 1. The molecule has 1 fully saturated rings. The lowest BCUT2D eigenvalue weighted by atomic mass is 9.99. The van der Waals surface area contributed by atoms with Gasteiger partial charge in [0.05, 0.1) is 17.3 Å². The fourth-order valence-corrected chi connectivity index (χ4v) is 2.30. The molecule has 1 heterocycles. The minimum absolute atomic E-state index is 0.0654. The van der Waals surface area contributed by atoms with E-state index in [-0.39, 0.29) is 24.7 Å². The van der Waals surface area contributed by atoms with Gasteiger partial charge in [-0.2, -0.15) is 0 Å². The summed E-state index contributed by atoms with van der Waals surface area (Å²) < 4.78 is 5.05. The van der Waals surface area contributed by atoms with Gasteiger partial charge in [-0.25, -0.2) is 9.59 Å². The summed E-state index contributed by atoms with van der Waals surface area (Å²) in [5.74, 6) is -1.13. The predicted molar refractivity (Wildman–Crippen MR) is 74.4 cm³/mol. The second kappa shape index (κ2) is 5.87. The molecule has 2 amide bonds. The monoisotopic (exact) mass is 318 g/mol. The van der Waals surface area contributed by atoms with E-state index in [1.54, 1.807) is 6.07 Å². The lowest BCUT2D eigenvalue weighted by Crippen LogP contribution is -2.56. The van der Waals surface area contributed by atoms with E-state index in [4.69, 9.17) is 27.9 Å². The first-order valence-corrected chi connectivity index (χ1v) is 6.54. The number of aliphatic carboxylic acids is 1. The van der Waals surface area contributed by atoms with Crippen LogP contribution in [0.2, 0.25) is 10.0 Å². The van der Waals surface area contributed by atoms with Gasteiger partial charge in [0.2, 0.25) is 0 Å². The molecule has 0 bridgehead atoms. The molecular weight excluding hydrogens is 307 g/mol. The number of benzene rings is 1. The van der Waals surface area contributed by atoms with Crippen LogP contribution in [0.5, 0.6) is 0 Å². The molecule has 0 saturated carbocycles. The topological polar surface area (TPSA) is 87.7 Å². The van der Waals surface area contributed by atoms with Crippen LogP contribution in [0.3, 0.4) is 0 Å². The van der Waals surface area contributed by atoms with E-state index in [1.807, 2.05) is 0 Å². The van der Waals surface area contributed by atoms with Crippen molar-refractivity contribution in [3.63, 3.8) is 0 Å². The van der Waals surface area contributed by atoms with E-state index in [0.717, 1.165) is 0 Å². The Bertz CT molecular complexity index is 544. The van der Waals surface area contributed by atoms with Crippen molar-refractivity contribution in [2.24, 2.45) is 0 Å². The second-order valence-corrected chi connectivity index (χ2v) is 5.24. The number of carbonyl (C=O) groups is 2. The molecule has 1 unspecified atom stereocenters. The molecule has 3 N–H and O–H groups in total. The third-order valence-electron chi connectivity index (χ3n) is 2.96. The first-order chi connectivity index (χ1) is 9.43. The maximum Gasteiger partial charge on any atom is 0.332 e. The number of amides is 2. The number of nitrogens with one attached hydrogen (secondary N) is 2. The average molecular weight is 319 g/mol. The molecule has 1 atom stereocenters. The van der Waals surface area contributed by atoms with Crippen LogP contribution in [-0.4, -0.2) is 35.9 Å². The first-order valence-electron chi connectivity index (χ1n) is 5.78. The largest absolute Gasteiger partial charge is 0.479 e. The van der Waals surface area contributed by atoms with E-state index in [1.165, 1.54) is 12.1 Å². The van der Waals surface area contributed by atoms with E-state index >= 15 is 0 Å². The molecule has 0 spiro atoms. The van der Waals surface area contributed by atoms with Gasteiger partial charge in [-0.1, -0.05) is 23.2 Å². The zero-order chi connectivity index (χ0) is 14.8. The van der Waals surface area contributed by atoms with Gasteiger partial charge >= 0.3 is 12.0 Å². The summed E-state index contributed by atoms with van der Waals surface area (Å²) in [4.78, 5) is 23.1. The van der Waals surface area contributed by atoms with Crippen LogP contribution in [0.4, 0.5) is 10.5 Å². The van der Waals surface area contributed by atoms with E-state index in [0.29, 0.717) is 10.7 Å². The number of carboxylic acids is 1. The van der Waals surface area contributed by atoms with Gasteiger partial charge in [-0.15, -0.1) is 0 Å². The minimum Gasteiger partial charge on any atom is -0.479 e. The van der Waals surface area contributed by atoms with E-state index < -0.39 is 17.5 Å². The summed E-state index contributed by atoms with van der Waals surface area (Å²) in [5.41, 5.74) is -1.06. The normalized spacial score (nSPS) is 21.5. The molecule has 0 aliphatic carbocycles. The van der Waals surface area contributed by atoms with Crippen LogP contribution in [0.15, 0.2) is 18.2 Å². The molecule has 2 rings (SSSR count). The van der Waals surface area contributed by atoms with Crippen molar-refractivity contribution < 1.29 is 19.4 Å². The highest BCUT2D eigenvalue weighted by Crippen LogP contribution is 2.26. The predicted octanol–water partition coefficient (Wildman–Crippen LogP) is 2.36. The van der Waals surface area contributed by atoms with Crippen molar-refractivity contribution in [3.05, 3.63) is 28.2 Å². The zero-order valence-electron chi connectivity index (χ0n) is 10.3. The number of ether oxygens (including phenoxy) is 1. The molecule has 1 aliphatic rings. The maximum atomic E-state index is 11.9. The summed E-state index contributed by atoms with van der Waals surface area (Å²) in [5, 5.41) is 14.8. The third-order valence-corrected chi connectivity index (χ3v) is 3.51. The summed E-state index contributed by atoms with van der Waals surface area (Å²) in [6, 6.07) is 3.91. The Morgan fingerprint density at radius 2 is 2.10 bits per heavy atom. The Kier molecular flexibility index (Phi) is 4.37. The van der Waals surface area contributed by atoms with Gasteiger partial charge < -0.3 is 20.5 Å². The Morgan fingerprint density at radius 1 is 1.35 bits per heavy atom. The van der Waals surface area contributed by atoms with E-state index in [9.17, 15) is 14.7 Å². The highest BCUT2D eigenvalue weighted by Gasteiger charge is 2.44. The van der Waals surface area contributed by atoms with Crippen LogP contribution < -0.4 is 10.6 Å². The molecule has 6 nitrogen and oxygen atoms in total. The van der Waals surface area contributed by atoms with Crippen LogP contribution in [0.1, 0.15) is 6.42 Å². The van der Waals surface area contributed by atoms with Crippen LogP contribution >= 0.6 is 23.2 Å². The Balaban J connectivity index is 2.07. The molecule has 1 aromatic carbocycles. The minimum atomic E-state index is -1.40. The number of carbonyl (C=O) groups excluding carboxylic acids is 1. The average Bonchev–Trinajstić information content (AvgIpc) is 2.82. The van der Waals surface area contributed by atoms with Crippen molar-refractivity contribution in [1.29, 1.82) is 0 Å². The number of rotatable bonds is 3. The molecule has 1 aliphatic heterocycles. The number of hydrogen-bond acceptors (Lipinski definition) is 3. The third kappa shape index (κ3) is 3.15. The standard InChI is InChI=1S/C12H12Cl2N2O4/c13-7-1-2-9(8(14)5-7)15-11(19)16-12(10(17)18)3-4-20-6-12/h1-2,5H,3-4,6H2,(H,17,18)(H2,15,16,19). The van der Waals surface area contributed by atoms with Gasteiger partial charge in [0, 0.05) is 18.1 Å². The summed E-state index contributed by atoms with van der Waals surface area (Å²) in [6.07, 6.45) is 0.212. The highest BCUT2D eigenvalue weighted by atomic mass is 35.5. The van der Waals surface area contributed by atoms with Crippen molar-refractivity contribution in [2.75, 3.05) is 18.5 Å². The van der Waals surface area contributed by atoms with E-state index in [2.05, 4.69) is 10.6 Å². The molecule has 108 valence electrons. The van der Waals surface area contributed by atoms with Crippen molar-refractivity contribution >= 4 is 40.9 Å².